The standard InChI is InChI=1S/C20H18ClF2NO2/c21-19-12-17(9-10-24-19)25-13-16-7-2-1-5-14(16)11-15-6-3-4-8-18(15)26-20(22)23/h1-10,12,14,16,20H,11,13H2. The first kappa shape index (κ1) is 18.4. The molecular weight excluding hydrogens is 360 g/mol. The van der Waals surface area contributed by atoms with Gasteiger partial charge in [-0.2, -0.15) is 8.78 Å². The minimum absolute atomic E-state index is 0.103. The molecule has 0 N–H and O–H groups in total. The molecule has 1 aliphatic carbocycles. The van der Waals surface area contributed by atoms with E-state index in [2.05, 4.69) is 21.9 Å². The highest BCUT2D eigenvalue weighted by Crippen LogP contribution is 2.29. The molecule has 2 unspecified atom stereocenters. The zero-order valence-corrected chi connectivity index (χ0v) is 14.7. The Labute approximate surface area is 155 Å². The van der Waals surface area contributed by atoms with E-state index >= 15 is 0 Å². The number of rotatable bonds is 7. The minimum Gasteiger partial charge on any atom is -0.493 e. The molecule has 1 heterocycles. The van der Waals surface area contributed by atoms with Gasteiger partial charge in [-0.3, -0.25) is 0 Å². The summed E-state index contributed by atoms with van der Waals surface area (Å²) in [5.74, 6) is 1.07. The number of para-hydroxylation sites is 1. The van der Waals surface area contributed by atoms with Crippen molar-refractivity contribution in [2.24, 2.45) is 11.8 Å². The van der Waals surface area contributed by atoms with Crippen LogP contribution in [0.1, 0.15) is 5.56 Å². The molecule has 0 fully saturated rings. The van der Waals surface area contributed by atoms with Crippen molar-refractivity contribution in [3.63, 3.8) is 0 Å². The third-order valence-corrected chi connectivity index (χ3v) is 4.37. The molecule has 0 radical (unpaired) electrons. The maximum absolute atomic E-state index is 12.6. The van der Waals surface area contributed by atoms with E-state index in [1.165, 1.54) is 0 Å². The van der Waals surface area contributed by atoms with Crippen LogP contribution in [0.25, 0.3) is 0 Å². The summed E-state index contributed by atoms with van der Waals surface area (Å²) in [7, 11) is 0. The van der Waals surface area contributed by atoms with E-state index in [0.29, 0.717) is 23.9 Å². The van der Waals surface area contributed by atoms with Crippen molar-refractivity contribution >= 4 is 11.6 Å². The molecular formula is C20H18ClF2NO2. The zero-order valence-electron chi connectivity index (χ0n) is 13.9. The lowest BCUT2D eigenvalue weighted by atomic mass is 9.84. The Bertz CT molecular complexity index is 795. The van der Waals surface area contributed by atoms with Gasteiger partial charge < -0.3 is 9.47 Å². The van der Waals surface area contributed by atoms with Crippen LogP contribution in [0.5, 0.6) is 11.5 Å². The number of pyridine rings is 1. The van der Waals surface area contributed by atoms with Crippen LogP contribution in [0.15, 0.2) is 66.9 Å². The number of aromatic nitrogens is 1. The van der Waals surface area contributed by atoms with Crippen LogP contribution in [-0.2, 0) is 6.42 Å². The molecule has 0 spiro atoms. The molecule has 2 aromatic rings. The summed E-state index contributed by atoms with van der Waals surface area (Å²) in [6, 6.07) is 10.3. The molecule has 2 atom stereocenters. The summed E-state index contributed by atoms with van der Waals surface area (Å²) in [5.41, 5.74) is 0.745. The summed E-state index contributed by atoms with van der Waals surface area (Å²) < 4.78 is 35.7. The van der Waals surface area contributed by atoms with Gasteiger partial charge in [0.15, 0.2) is 0 Å². The first-order valence-electron chi connectivity index (χ1n) is 8.24. The van der Waals surface area contributed by atoms with Gasteiger partial charge in [0, 0.05) is 18.2 Å². The SMILES string of the molecule is FC(F)Oc1ccccc1CC1C=CC=CC1COc1ccnc(Cl)c1. The third kappa shape index (κ3) is 5.05. The largest absolute Gasteiger partial charge is 0.493 e. The molecule has 136 valence electrons. The Kier molecular flexibility index (Phi) is 6.23. The number of hydrogen-bond donors (Lipinski definition) is 0. The van der Waals surface area contributed by atoms with Gasteiger partial charge in [-0.25, -0.2) is 4.98 Å². The topological polar surface area (TPSA) is 31.4 Å². The van der Waals surface area contributed by atoms with Gasteiger partial charge in [-0.15, -0.1) is 0 Å². The Morgan fingerprint density at radius 1 is 1.08 bits per heavy atom. The van der Waals surface area contributed by atoms with Crippen molar-refractivity contribution in [1.29, 1.82) is 0 Å². The second-order valence-electron chi connectivity index (χ2n) is 5.91. The molecule has 0 aliphatic heterocycles. The van der Waals surface area contributed by atoms with Gasteiger partial charge in [0.2, 0.25) is 0 Å². The molecule has 0 bridgehead atoms. The number of ether oxygens (including phenoxy) is 2. The third-order valence-electron chi connectivity index (χ3n) is 4.16. The predicted octanol–water partition coefficient (Wildman–Crippen LogP) is 5.32. The van der Waals surface area contributed by atoms with Gasteiger partial charge in [0.1, 0.15) is 16.7 Å². The van der Waals surface area contributed by atoms with E-state index in [1.54, 1.807) is 30.5 Å². The zero-order chi connectivity index (χ0) is 18.4. The predicted molar refractivity (Wildman–Crippen MR) is 96.8 cm³/mol. The number of alkyl halides is 2. The van der Waals surface area contributed by atoms with Gasteiger partial charge in [-0.05, 0) is 30.0 Å². The van der Waals surface area contributed by atoms with Crippen LogP contribution in [0.4, 0.5) is 8.78 Å². The fraction of sp³-hybridized carbons (Fsp3) is 0.250. The van der Waals surface area contributed by atoms with Gasteiger partial charge in [-0.1, -0.05) is 54.1 Å². The van der Waals surface area contributed by atoms with Gasteiger partial charge in [0.05, 0.1) is 6.61 Å². The van der Waals surface area contributed by atoms with Crippen LogP contribution in [0, 0.1) is 11.8 Å². The van der Waals surface area contributed by atoms with E-state index in [1.807, 2.05) is 24.3 Å². The average molecular weight is 378 g/mol. The fourth-order valence-electron chi connectivity index (χ4n) is 2.90. The maximum atomic E-state index is 12.6. The van der Waals surface area contributed by atoms with Crippen molar-refractivity contribution in [1.82, 2.24) is 4.98 Å². The summed E-state index contributed by atoms with van der Waals surface area (Å²) in [5, 5.41) is 0.371. The molecule has 1 aliphatic rings. The fourth-order valence-corrected chi connectivity index (χ4v) is 3.07. The highest BCUT2D eigenvalue weighted by molar-refractivity contribution is 6.29. The maximum Gasteiger partial charge on any atom is 0.387 e. The molecule has 3 nitrogen and oxygen atoms in total. The summed E-state index contributed by atoms with van der Waals surface area (Å²) in [6.07, 6.45) is 10.2. The smallest absolute Gasteiger partial charge is 0.387 e. The van der Waals surface area contributed by atoms with Crippen molar-refractivity contribution in [3.8, 4) is 11.5 Å². The molecule has 0 amide bonds. The second kappa shape index (κ2) is 8.81. The van der Waals surface area contributed by atoms with Gasteiger partial charge >= 0.3 is 6.61 Å². The molecule has 0 saturated heterocycles. The van der Waals surface area contributed by atoms with E-state index in [0.717, 1.165) is 5.56 Å². The molecule has 1 aromatic carbocycles. The highest BCUT2D eigenvalue weighted by atomic mass is 35.5. The van der Waals surface area contributed by atoms with Crippen molar-refractivity contribution < 1.29 is 18.3 Å². The Balaban J connectivity index is 1.68. The minimum atomic E-state index is -2.84. The molecule has 26 heavy (non-hydrogen) atoms. The molecule has 6 heteroatoms. The summed E-state index contributed by atoms with van der Waals surface area (Å²) >= 11 is 5.87. The first-order valence-corrected chi connectivity index (χ1v) is 8.61. The molecule has 0 saturated carbocycles. The Morgan fingerprint density at radius 3 is 2.62 bits per heavy atom. The Hall–Kier alpha value is -2.40. The number of allylic oxidation sites excluding steroid dienone is 3. The normalized spacial score (nSPS) is 18.9. The van der Waals surface area contributed by atoms with Crippen LogP contribution < -0.4 is 9.47 Å². The quantitative estimate of drug-likeness (QED) is 0.612. The van der Waals surface area contributed by atoms with E-state index < -0.39 is 6.61 Å². The van der Waals surface area contributed by atoms with E-state index in [4.69, 9.17) is 16.3 Å². The highest BCUT2D eigenvalue weighted by Gasteiger charge is 2.22. The Morgan fingerprint density at radius 2 is 1.85 bits per heavy atom. The van der Waals surface area contributed by atoms with Crippen LogP contribution in [-0.4, -0.2) is 18.2 Å². The summed E-state index contributed by atoms with van der Waals surface area (Å²) in [4.78, 5) is 3.92. The molecule has 1 aromatic heterocycles. The lowest BCUT2D eigenvalue weighted by molar-refractivity contribution is -0.0505. The number of benzene rings is 1. The van der Waals surface area contributed by atoms with E-state index in [-0.39, 0.29) is 17.6 Å². The monoisotopic (exact) mass is 377 g/mol. The second-order valence-corrected chi connectivity index (χ2v) is 6.30. The van der Waals surface area contributed by atoms with Crippen molar-refractivity contribution in [3.05, 3.63) is 77.6 Å². The average Bonchev–Trinajstić information content (AvgIpc) is 2.62. The van der Waals surface area contributed by atoms with Crippen LogP contribution >= 0.6 is 11.6 Å². The van der Waals surface area contributed by atoms with Gasteiger partial charge in [0.25, 0.3) is 0 Å². The van der Waals surface area contributed by atoms with Crippen LogP contribution in [0.2, 0.25) is 5.15 Å². The first-order chi connectivity index (χ1) is 12.6. The number of nitrogens with zero attached hydrogens (tertiary/aromatic N) is 1. The number of halogens is 3. The van der Waals surface area contributed by atoms with E-state index in [9.17, 15) is 8.78 Å². The number of hydrogen-bond acceptors (Lipinski definition) is 3. The van der Waals surface area contributed by atoms with Crippen molar-refractivity contribution in [2.45, 2.75) is 13.0 Å². The van der Waals surface area contributed by atoms with Crippen molar-refractivity contribution in [2.75, 3.05) is 6.61 Å². The summed E-state index contributed by atoms with van der Waals surface area (Å²) in [6.45, 7) is -2.39. The van der Waals surface area contributed by atoms with Crippen LogP contribution in [0.3, 0.4) is 0 Å². The lowest BCUT2D eigenvalue weighted by Crippen LogP contribution is -2.22. The lowest BCUT2D eigenvalue weighted by Gasteiger charge is -2.25. The molecule has 3 rings (SSSR count).